The van der Waals surface area contributed by atoms with Crippen LogP contribution in [0.2, 0.25) is 0 Å². The molecule has 0 saturated heterocycles. The van der Waals surface area contributed by atoms with E-state index in [1.54, 1.807) is 0 Å². The fraction of sp³-hybridized carbons (Fsp3) is 0.0370. The first kappa shape index (κ1) is 47.4. The maximum atomic E-state index is 6.85. The number of nitrogens with zero attached hydrogens (tertiary/aromatic N) is 1. The third-order valence-corrected chi connectivity index (χ3v) is 20.1. The van der Waals surface area contributed by atoms with E-state index in [4.69, 9.17) is 4.42 Å². The zero-order valence-corrected chi connectivity index (χ0v) is 46.5. The summed E-state index contributed by atoms with van der Waals surface area (Å²) < 4.78 is 6.85. The van der Waals surface area contributed by atoms with Gasteiger partial charge in [0, 0.05) is 43.5 Å². The van der Waals surface area contributed by atoms with Gasteiger partial charge in [0.15, 0.2) is 0 Å². The first-order valence-electron chi connectivity index (χ1n) is 29.2. The van der Waals surface area contributed by atoms with Crippen molar-refractivity contribution in [2.75, 3.05) is 4.90 Å². The van der Waals surface area contributed by atoms with Gasteiger partial charge in [0.05, 0.1) is 10.8 Å². The number of fused-ring (bicyclic) bond motifs is 22. The van der Waals surface area contributed by atoms with Gasteiger partial charge >= 0.3 is 0 Å². The summed E-state index contributed by atoms with van der Waals surface area (Å²) in [5.74, 6) is 0.0332. The molecule has 84 heavy (non-hydrogen) atoms. The highest BCUT2D eigenvalue weighted by atomic mass is 32.2. The van der Waals surface area contributed by atoms with Crippen LogP contribution in [0.5, 0.6) is 0 Å². The molecule has 0 amide bonds. The van der Waals surface area contributed by atoms with Crippen molar-refractivity contribution in [2.45, 2.75) is 26.5 Å². The molecule has 13 aromatic carbocycles. The summed E-state index contributed by atoms with van der Waals surface area (Å²) in [5, 5.41) is 2.16. The molecule has 14 aromatic rings. The van der Waals surface area contributed by atoms with Crippen LogP contribution in [-0.2, 0) is 10.8 Å². The lowest BCUT2D eigenvalue weighted by Gasteiger charge is -2.41. The van der Waals surface area contributed by atoms with Crippen LogP contribution < -0.4 is 4.90 Å². The van der Waals surface area contributed by atoms with Crippen molar-refractivity contribution >= 4 is 50.8 Å². The number of rotatable bonds is 7. The van der Waals surface area contributed by atoms with Gasteiger partial charge in [0.25, 0.3) is 0 Å². The predicted octanol–water partition coefficient (Wildman–Crippen LogP) is 21.1. The van der Waals surface area contributed by atoms with Gasteiger partial charge < -0.3 is 9.32 Å². The Morgan fingerprint density at radius 3 is 1.27 bits per heavy atom. The zero-order chi connectivity index (χ0) is 55.1. The molecule has 2 spiro atoms. The molecule has 18 rings (SSSR count). The smallest absolute Gasteiger partial charge is 0.135 e. The van der Waals surface area contributed by atoms with Gasteiger partial charge in [-0.3, -0.25) is 0 Å². The van der Waals surface area contributed by atoms with Crippen LogP contribution in [0.1, 0.15) is 67.1 Å². The molecule has 0 saturated carbocycles. The third-order valence-electron chi connectivity index (χ3n) is 18.8. The Hall–Kier alpha value is -10.2. The highest BCUT2D eigenvalue weighted by Crippen LogP contribution is 2.66. The summed E-state index contributed by atoms with van der Waals surface area (Å²) in [6, 6.07) is 114. The quantitative estimate of drug-likeness (QED) is 0.148. The maximum absolute atomic E-state index is 6.85. The number of hydrogen-bond donors (Lipinski definition) is 0. The lowest BCUT2D eigenvalue weighted by Crippen LogP contribution is -2.32. The van der Waals surface area contributed by atoms with Gasteiger partial charge in [0.1, 0.15) is 11.2 Å². The van der Waals surface area contributed by atoms with E-state index < -0.39 is 10.8 Å². The van der Waals surface area contributed by atoms with E-state index in [0.717, 1.165) is 39.0 Å². The van der Waals surface area contributed by atoms with E-state index in [0.29, 0.717) is 0 Å². The fourth-order valence-corrected chi connectivity index (χ4v) is 16.8. The fourth-order valence-electron chi connectivity index (χ4n) is 15.5. The molecule has 0 atom stereocenters. The minimum Gasteiger partial charge on any atom is -0.456 e. The molecular formula is C81H51NOS. The molecule has 0 bridgehead atoms. The molecule has 2 nitrogen and oxygen atoms in total. The summed E-state index contributed by atoms with van der Waals surface area (Å²) in [6.45, 7) is 0. The minimum atomic E-state index is -0.614. The number of benzene rings is 13. The Balaban J connectivity index is 0.925. The van der Waals surface area contributed by atoms with Crippen molar-refractivity contribution in [1.29, 1.82) is 0 Å². The van der Waals surface area contributed by atoms with Gasteiger partial charge in [-0.05, 0) is 166 Å². The van der Waals surface area contributed by atoms with Crippen LogP contribution in [0.4, 0.5) is 17.1 Å². The van der Waals surface area contributed by atoms with E-state index >= 15 is 0 Å². The highest BCUT2D eigenvalue weighted by molar-refractivity contribution is 7.99. The topological polar surface area (TPSA) is 16.4 Å². The summed E-state index contributed by atoms with van der Waals surface area (Å²) in [6.07, 6.45) is 0. The largest absolute Gasteiger partial charge is 0.456 e. The van der Waals surface area contributed by atoms with E-state index in [9.17, 15) is 0 Å². The molecule has 0 fully saturated rings. The Bertz CT molecular complexity index is 4890. The highest BCUT2D eigenvalue weighted by Gasteiger charge is 2.53. The van der Waals surface area contributed by atoms with E-state index in [1.807, 2.05) is 11.8 Å². The van der Waals surface area contributed by atoms with Crippen LogP contribution in [0.3, 0.4) is 0 Å². The van der Waals surface area contributed by atoms with Crippen LogP contribution in [0.25, 0.3) is 66.4 Å². The SMILES string of the molecule is c1ccc(-c2cc(N(c3ccc4c(c3)-c3ccccc3C43c4ccccc4-c4ccccc43)c3ccc4oc5ccc(C(c6ccccc6)c6ccccc6)cc5c4c3)cc3c2Sc2ccccc2C32c3ccccc3-c3ccccc32)cc1. The van der Waals surface area contributed by atoms with Crippen LogP contribution in [0, 0.1) is 0 Å². The molecule has 3 aliphatic carbocycles. The number of furan rings is 1. The summed E-state index contributed by atoms with van der Waals surface area (Å²) >= 11 is 1.91. The molecule has 1 aromatic heterocycles. The minimum absolute atomic E-state index is 0.0332. The Labute approximate surface area is 492 Å². The first-order chi connectivity index (χ1) is 41.7. The van der Waals surface area contributed by atoms with Crippen molar-refractivity contribution < 1.29 is 4.42 Å². The van der Waals surface area contributed by atoms with Crippen LogP contribution in [-0.4, -0.2) is 0 Å². The average molecular weight is 1090 g/mol. The van der Waals surface area contributed by atoms with E-state index in [1.165, 1.54) is 115 Å². The predicted molar refractivity (Wildman–Crippen MR) is 345 cm³/mol. The lowest BCUT2D eigenvalue weighted by atomic mass is 9.66. The second kappa shape index (κ2) is 18.2. The van der Waals surface area contributed by atoms with Gasteiger partial charge in [-0.1, -0.05) is 254 Å². The monoisotopic (exact) mass is 1090 g/mol. The third kappa shape index (κ3) is 6.53. The Morgan fingerprint density at radius 1 is 0.286 bits per heavy atom. The summed E-state index contributed by atoms with van der Waals surface area (Å²) in [5.41, 5.74) is 28.1. The molecule has 2 heterocycles. The lowest BCUT2D eigenvalue weighted by molar-refractivity contribution is 0.668. The normalized spacial score (nSPS) is 14.0. The number of hydrogen-bond acceptors (Lipinski definition) is 3. The molecule has 3 heteroatoms. The average Bonchev–Trinajstić information content (AvgIpc) is 1.61. The van der Waals surface area contributed by atoms with Gasteiger partial charge in [-0.2, -0.15) is 0 Å². The van der Waals surface area contributed by atoms with Gasteiger partial charge in [0.2, 0.25) is 0 Å². The Morgan fingerprint density at radius 2 is 0.702 bits per heavy atom. The van der Waals surface area contributed by atoms with Crippen molar-refractivity contribution in [2.24, 2.45) is 0 Å². The Kier molecular flexibility index (Phi) is 10.3. The standard InChI is InChI=1S/C81H51NOS/c1-4-22-51(23-5-1)63-49-57(50-74-79(63)84-77-39-21-20-38-73(77)81(74)69-35-17-12-30-60(69)61-31-13-18-36-70(61)81)82(55-41-43-72-64(47-55)62-32-14-19-37-71(62)80(72)67-33-15-10-28-58(67)59-29-11-16-34-68(59)80)56-42-45-76-66(48-56)65-46-54(40-44-75(65)83-76)78(52-24-6-2-7-25-52)53-26-8-3-9-27-53/h1-50,78H. The summed E-state index contributed by atoms with van der Waals surface area (Å²) in [7, 11) is 0. The maximum Gasteiger partial charge on any atom is 0.135 e. The molecule has 0 radical (unpaired) electrons. The first-order valence-corrected chi connectivity index (χ1v) is 30.0. The molecular weight excluding hydrogens is 1030 g/mol. The molecule has 4 aliphatic rings. The summed E-state index contributed by atoms with van der Waals surface area (Å²) in [4.78, 5) is 5.09. The van der Waals surface area contributed by atoms with Crippen molar-refractivity contribution in [3.63, 3.8) is 0 Å². The van der Waals surface area contributed by atoms with E-state index in [-0.39, 0.29) is 5.92 Å². The van der Waals surface area contributed by atoms with Gasteiger partial charge in [-0.15, -0.1) is 0 Å². The van der Waals surface area contributed by atoms with Crippen LogP contribution in [0.15, 0.2) is 318 Å². The van der Waals surface area contributed by atoms with Crippen molar-refractivity contribution in [3.8, 4) is 44.5 Å². The van der Waals surface area contributed by atoms with Crippen LogP contribution >= 0.6 is 11.8 Å². The molecule has 0 unspecified atom stereocenters. The molecule has 392 valence electrons. The zero-order valence-electron chi connectivity index (χ0n) is 45.7. The van der Waals surface area contributed by atoms with E-state index in [2.05, 4.69) is 308 Å². The second-order valence-electron chi connectivity index (χ2n) is 22.9. The number of anilines is 3. The molecule has 1 aliphatic heterocycles. The van der Waals surface area contributed by atoms with Gasteiger partial charge in [-0.25, -0.2) is 0 Å². The van der Waals surface area contributed by atoms with Crippen molar-refractivity contribution in [1.82, 2.24) is 0 Å². The molecule has 0 N–H and O–H groups in total. The second-order valence-corrected chi connectivity index (χ2v) is 24.0. The van der Waals surface area contributed by atoms with Crippen molar-refractivity contribution in [3.05, 3.63) is 365 Å².